The minimum atomic E-state index is -3.05. The Bertz CT molecular complexity index is 492. The summed E-state index contributed by atoms with van der Waals surface area (Å²) < 4.78 is 22.8. The zero-order valence-electron chi connectivity index (χ0n) is 11.2. The quantitative estimate of drug-likeness (QED) is 0.559. The first kappa shape index (κ1) is 15.7. The maximum absolute atomic E-state index is 12.3. The smallest absolute Gasteiger partial charge is 0.309 e. The van der Waals surface area contributed by atoms with Gasteiger partial charge in [0.05, 0.1) is 25.4 Å². The molecule has 0 aliphatic heterocycles. The fourth-order valence-corrected chi connectivity index (χ4v) is 3.32. The molecule has 0 bridgehead atoms. The van der Waals surface area contributed by atoms with Crippen molar-refractivity contribution in [3.63, 3.8) is 0 Å². The van der Waals surface area contributed by atoms with Crippen LogP contribution in [0.1, 0.15) is 25.0 Å². The maximum atomic E-state index is 12.3. The molecule has 0 N–H and O–H groups in total. The van der Waals surface area contributed by atoms with E-state index in [1.54, 1.807) is 19.9 Å². The third kappa shape index (κ3) is 5.40. The molecule has 0 aliphatic rings. The lowest BCUT2D eigenvalue weighted by molar-refractivity contribution is 0.219. The zero-order chi connectivity index (χ0) is 14.1. The largest absolute Gasteiger partial charge is 0.335 e. The van der Waals surface area contributed by atoms with Crippen molar-refractivity contribution in [1.29, 1.82) is 5.26 Å². The summed E-state index contributed by atoms with van der Waals surface area (Å²) in [5.41, 5.74) is 1.81. The summed E-state index contributed by atoms with van der Waals surface area (Å²) in [5, 5.41) is 8.45. The lowest BCUT2D eigenvalue weighted by Gasteiger charge is -2.16. The second-order valence-corrected chi connectivity index (χ2v) is 5.86. The summed E-state index contributed by atoms with van der Waals surface area (Å²) in [6.45, 7) is 4.31. The van der Waals surface area contributed by atoms with Gasteiger partial charge in [-0.2, -0.15) is 5.26 Å². The van der Waals surface area contributed by atoms with Crippen LogP contribution in [0.5, 0.6) is 0 Å². The summed E-state index contributed by atoms with van der Waals surface area (Å²) in [6.07, 6.45) is 3.39. The van der Waals surface area contributed by atoms with E-state index in [0.717, 1.165) is 11.1 Å². The summed E-state index contributed by atoms with van der Waals surface area (Å²) in [7, 11) is -3.05. The minimum absolute atomic E-state index is 0.261. The van der Waals surface area contributed by atoms with Crippen molar-refractivity contribution in [3.8, 4) is 6.07 Å². The van der Waals surface area contributed by atoms with E-state index < -0.39 is 7.60 Å². The van der Waals surface area contributed by atoms with E-state index in [-0.39, 0.29) is 6.16 Å². The molecule has 0 heterocycles. The topological polar surface area (TPSA) is 59.3 Å². The van der Waals surface area contributed by atoms with E-state index in [2.05, 4.69) is 0 Å². The van der Waals surface area contributed by atoms with Crippen LogP contribution in [-0.4, -0.2) is 13.2 Å². The summed E-state index contributed by atoms with van der Waals surface area (Å²) in [5.74, 6) is 0. The maximum Gasteiger partial charge on any atom is 0.335 e. The van der Waals surface area contributed by atoms with E-state index in [1.807, 2.05) is 30.3 Å². The monoisotopic (exact) mass is 279 g/mol. The van der Waals surface area contributed by atoms with Crippen molar-refractivity contribution in [2.24, 2.45) is 0 Å². The van der Waals surface area contributed by atoms with Crippen LogP contribution >= 0.6 is 7.60 Å². The molecule has 0 saturated heterocycles. The van der Waals surface area contributed by atoms with Crippen LogP contribution in [0.3, 0.4) is 0 Å². The third-order valence-electron chi connectivity index (χ3n) is 2.36. The Labute approximate surface area is 114 Å². The Balaban J connectivity index is 2.78. The Morgan fingerprint density at radius 3 is 2.26 bits per heavy atom. The van der Waals surface area contributed by atoms with Crippen LogP contribution in [-0.2, 0) is 19.8 Å². The van der Waals surface area contributed by atoms with E-state index in [4.69, 9.17) is 14.3 Å². The first-order chi connectivity index (χ1) is 9.13. The van der Waals surface area contributed by atoms with Gasteiger partial charge >= 0.3 is 7.60 Å². The lowest BCUT2D eigenvalue weighted by Crippen LogP contribution is -1.99. The van der Waals surface area contributed by atoms with Gasteiger partial charge in [-0.1, -0.05) is 24.3 Å². The number of hydrogen-bond donors (Lipinski definition) is 0. The normalized spacial score (nSPS) is 11.6. The Morgan fingerprint density at radius 2 is 1.79 bits per heavy atom. The predicted octanol–water partition coefficient (Wildman–Crippen LogP) is 3.99. The van der Waals surface area contributed by atoms with Gasteiger partial charge in [-0.3, -0.25) is 4.57 Å². The number of rotatable bonds is 7. The van der Waals surface area contributed by atoms with E-state index in [0.29, 0.717) is 13.2 Å². The fourth-order valence-electron chi connectivity index (χ4n) is 1.61. The van der Waals surface area contributed by atoms with Gasteiger partial charge in [0.1, 0.15) is 0 Å². The molecule has 4 nitrogen and oxygen atoms in total. The molecule has 0 amide bonds. The van der Waals surface area contributed by atoms with Crippen LogP contribution < -0.4 is 0 Å². The molecule has 1 rings (SSSR count). The average Bonchev–Trinajstić information content (AvgIpc) is 2.38. The van der Waals surface area contributed by atoms with Crippen LogP contribution in [0.4, 0.5) is 0 Å². The lowest BCUT2D eigenvalue weighted by atomic mass is 10.1. The van der Waals surface area contributed by atoms with Crippen molar-refractivity contribution in [3.05, 3.63) is 41.5 Å². The van der Waals surface area contributed by atoms with Crippen LogP contribution in [0, 0.1) is 11.3 Å². The molecule has 5 heteroatoms. The summed E-state index contributed by atoms with van der Waals surface area (Å²) in [4.78, 5) is 0. The number of nitrogens with zero attached hydrogens (tertiary/aromatic N) is 1. The van der Waals surface area contributed by atoms with Crippen molar-refractivity contribution in [2.75, 3.05) is 13.2 Å². The molecule has 0 aromatic heterocycles. The van der Waals surface area contributed by atoms with Crippen molar-refractivity contribution < 1.29 is 13.6 Å². The molecule has 0 atom stereocenters. The first-order valence-electron chi connectivity index (χ1n) is 6.16. The van der Waals surface area contributed by atoms with Gasteiger partial charge in [-0.05, 0) is 31.1 Å². The molecular formula is C14H18NO3P. The SMILES string of the molecule is CCOP(=O)(Cc1ccc(C=CC#N)cc1)OCC. The molecule has 0 radical (unpaired) electrons. The number of benzene rings is 1. The molecule has 1 aromatic rings. The number of hydrogen-bond acceptors (Lipinski definition) is 4. The molecule has 102 valence electrons. The standard InChI is InChI=1S/C14H18NO3P/c1-3-17-19(16,18-4-2)12-14-9-7-13(8-10-14)6-5-11-15/h5-10H,3-4,12H2,1-2H3. The molecule has 19 heavy (non-hydrogen) atoms. The van der Waals surface area contributed by atoms with Crippen molar-refractivity contribution in [1.82, 2.24) is 0 Å². The Kier molecular flexibility index (Phi) is 6.52. The van der Waals surface area contributed by atoms with E-state index >= 15 is 0 Å². The Hall–Kier alpha value is -1.40. The molecule has 0 fully saturated rings. The molecular weight excluding hydrogens is 261 g/mol. The molecule has 0 unspecified atom stereocenters. The highest BCUT2D eigenvalue weighted by atomic mass is 31.2. The second-order valence-electron chi connectivity index (χ2n) is 3.81. The van der Waals surface area contributed by atoms with Gasteiger partial charge in [0, 0.05) is 6.08 Å². The van der Waals surface area contributed by atoms with Gasteiger partial charge in [0.25, 0.3) is 0 Å². The fraction of sp³-hybridized carbons (Fsp3) is 0.357. The van der Waals surface area contributed by atoms with E-state index in [9.17, 15) is 4.57 Å². The Morgan fingerprint density at radius 1 is 1.21 bits per heavy atom. The highest BCUT2D eigenvalue weighted by Crippen LogP contribution is 2.51. The van der Waals surface area contributed by atoms with Gasteiger partial charge in [0.2, 0.25) is 0 Å². The van der Waals surface area contributed by atoms with Crippen LogP contribution in [0.15, 0.2) is 30.3 Å². The van der Waals surface area contributed by atoms with E-state index in [1.165, 1.54) is 6.08 Å². The molecule has 1 aromatic carbocycles. The number of allylic oxidation sites excluding steroid dienone is 1. The zero-order valence-corrected chi connectivity index (χ0v) is 12.1. The van der Waals surface area contributed by atoms with Gasteiger partial charge in [0.15, 0.2) is 0 Å². The highest BCUT2D eigenvalue weighted by Gasteiger charge is 2.23. The van der Waals surface area contributed by atoms with Gasteiger partial charge < -0.3 is 9.05 Å². The van der Waals surface area contributed by atoms with Crippen LogP contribution in [0.2, 0.25) is 0 Å². The summed E-state index contributed by atoms with van der Waals surface area (Å²) in [6, 6.07) is 9.40. The van der Waals surface area contributed by atoms with Crippen LogP contribution in [0.25, 0.3) is 6.08 Å². The average molecular weight is 279 g/mol. The van der Waals surface area contributed by atoms with Crippen molar-refractivity contribution >= 4 is 13.7 Å². The third-order valence-corrected chi connectivity index (χ3v) is 4.41. The second kappa shape index (κ2) is 7.91. The summed E-state index contributed by atoms with van der Waals surface area (Å²) >= 11 is 0. The highest BCUT2D eigenvalue weighted by molar-refractivity contribution is 7.53. The predicted molar refractivity (Wildman–Crippen MR) is 75.7 cm³/mol. The number of nitriles is 1. The molecule has 0 spiro atoms. The minimum Gasteiger partial charge on any atom is -0.309 e. The van der Waals surface area contributed by atoms with Crippen molar-refractivity contribution in [2.45, 2.75) is 20.0 Å². The molecule has 0 aliphatic carbocycles. The van der Waals surface area contributed by atoms with Gasteiger partial charge in [-0.25, -0.2) is 0 Å². The molecule has 0 saturated carbocycles. The van der Waals surface area contributed by atoms with Gasteiger partial charge in [-0.15, -0.1) is 0 Å². The first-order valence-corrected chi connectivity index (χ1v) is 7.89.